The fraction of sp³-hybridized carbons (Fsp3) is 0.706. The van der Waals surface area contributed by atoms with Crippen molar-refractivity contribution in [1.29, 1.82) is 0 Å². The molecule has 3 atom stereocenters. The van der Waals surface area contributed by atoms with Crippen molar-refractivity contribution >= 4 is 29.7 Å². The molecule has 0 saturated heterocycles. The summed E-state index contributed by atoms with van der Waals surface area (Å²) >= 11 is 0. The van der Waals surface area contributed by atoms with E-state index in [1.807, 2.05) is 13.8 Å². The van der Waals surface area contributed by atoms with Gasteiger partial charge in [-0.25, -0.2) is 4.79 Å². The lowest BCUT2D eigenvalue weighted by atomic mass is 9.94. The van der Waals surface area contributed by atoms with Gasteiger partial charge in [0.25, 0.3) is 0 Å². The van der Waals surface area contributed by atoms with Crippen molar-refractivity contribution in [2.24, 2.45) is 11.8 Å². The highest BCUT2D eigenvalue weighted by Gasteiger charge is 2.39. The fourth-order valence-corrected chi connectivity index (χ4v) is 2.40. The van der Waals surface area contributed by atoms with Crippen molar-refractivity contribution in [3.8, 4) is 0 Å². The van der Waals surface area contributed by atoms with Crippen LogP contribution in [0, 0.1) is 11.8 Å². The van der Waals surface area contributed by atoms with Crippen LogP contribution in [0.3, 0.4) is 0 Å². The van der Waals surface area contributed by atoms with Gasteiger partial charge in [-0.05, 0) is 12.3 Å². The lowest BCUT2D eigenvalue weighted by Gasteiger charge is -2.26. The Labute approximate surface area is 158 Å². The molecule has 10 nitrogen and oxygen atoms in total. The summed E-state index contributed by atoms with van der Waals surface area (Å²) in [5.41, 5.74) is 0. The van der Waals surface area contributed by atoms with Gasteiger partial charge in [0.05, 0.1) is 33.7 Å². The lowest BCUT2D eigenvalue weighted by Crippen LogP contribution is -2.55. The lowest BCUT2D eigenvalue weighted by molar-refractivity contribution is -0.159. The Morgan fingerprint density at radius 1 is 0.852 bits per heavy atom. The highest BCUT2D eigenvalue weighted by molar-refractivity contribution is 5.93. The number of amides is 2. The van der Waals surface area contributed by atoms with E-state index in [1.54, 1.807) is 0 Å². The zero-order valence-corrected chi connectivity index (χ0v) is 16.5. The third-order valence-electron chi connectivity index (χ3n) is 3.67. The number of hydrogen-bond acceptors (Lipinski definition) is 8. The number of ether oxygens (including phenoxy) is 3. The zero-order chi connectivity index (χ0) is 21.1. The van der Waals surface area contributed by atoms with Gasteiger partial charge in [-0.3, -0.25) is 19.2 Å². The van der Waals surface area contributed by atoms with E-state index in [4.69, 9.17) is 0 Å². The molecule has 0 heterocycles. The number of carbonyl (C=O) groups excluding carboxylic acids is 5. The smallest absolute Gasteiger partial charge is 0.329 e. The molecule has 10 heteroatoms. The maximum Gasteiger partial charge on any atom is 0.329 e. The van der Waals surface area contributed by atoms with Crippen molar-refractivity contribution < 1.29 is 38.2 Å². The van der Waals surface area contributed by atoms with Gasteiger partial charge in [0.2, 0.25) is 11.8 Å². The topological polar surface area (TPSA) is 137 Å². The molecular formula is C17H28N2O8. The first-order chi connectivity index (χ1) is 12.6. The molecule has 0 fully saturated rings. The molecule has 0 aromatic heterocycles. The monoisotopic (exact) mass is 388 g/mol. The molecule has 2 amide bonds. The highest BCUT2D eigenvalue weighted by Crippen LogP contribution is 2.15. The Morgan fingerprint density at radius 3 is 1.81 bits per heavy atom. The largest absolute Gasteiger partial charge is 0.469 e. The predicted molar refractivity (Wildman–Crippen MR) is 93.1 cm³/mol. The van der Waals surface area contributed by atoms with Crippen molar-refractivity contribution in [2.75, 3.05) is 21.3 Å². The number of carbonyl (C=O) groups is 5. The minimum atomic E-state index is -1.49. The summed E-state index contributed by atoms with van der Waals surface area (Å²) in [6.45, 7) is 4.97. The summed E-state index contributed by atoms with van der Waals surface area (Å²) in [6.07, 6.45) is -0.197. The van der Waals surface area contributed by atoms with Crippen molar-refractivity contribution in [3.63, 3.8) is 0 Å². The van der Waals surface area contributed by atoms with Crippen LogP contribution in [0.25, 0.3) is 0 Å². The van der Waals surface area contributed by atoms with Crippen LogP contribution in [0.2, 0.25) is 0 Å². The Bertz CT molecular complexity index is 561. The Hall–Kier alpha value is -2.65. The number of hydrogen-bond donors (Lipinski definition) is 2. The molecule has 0 bridgehead atoms. The number of nitrogens with one attached hydrogen (secondary N) is 2. The van der Waals surface area contributed by atoms with Gasteiger partial charge in [-0.2, -0.15) is 0 Å². The van der Waals surface area contributed by atoms with Gasteiger partial charge in [0.1, 0.15) is 12.1 Å². The minimum Gasteiger partial charge on any atom is -0.469 e. The molecular weight excluding hydrogens is 360 g/mol. The number of methoxy groups -OCH3 is 3. The maximum absolute atomic E-state index is 12.6. The van der Waals surface area contributed by atoms with E-state index in [-0.39, 0.29) is 5.92 Å². The van der Waals surface area contributed by atoms with Crippen LogP contribution in [0.4, 0.5) is 0 Å². The summed E-state index contributed by atoms with van der Waals surface area (Å²) < 4.78 is 13.8. The molecule has 0 spiro atoms. The first-order valence-corrected chi connectivity index (χ1v) is 8.37. The Balaban J connectivity index is 5.65. The molecule has 0 rings (SSSR count). The van der Waals surface area contributed by atoms with Gasteiger partial charge >= 0.3 is 17.9 Å². The van der Waals surface area contributed by atoms with E-state index in [0.29, 0.717) is 6.42 Å². The fourth-order valence-electron chi connectivity index (χ4n) is 2.40. The minimum absolute atomic E-state index is 0.0654. The molecule has 154 valence electrons. The first kappa shape index (κ1) is 24.4. The van der Waals surface area contributed by atoms with Crippen LogP contribution in [0.5, 0.6) is 0 Å². The molecule has 2 N–H and O–H groups in total. The van der Waals surface area contributed by atoms with Crippen molar-refractivity contribution in [3.05, 3.63) is 0 Å². The molecule has 0 saturated carbocycles. The molecule has 0 aliphatic rings. The van der Waals surface area contributed by atoms with Crippen LogP contribution in [-0.4, -0.2) is 63.1 Å². The van der Waals surface area contributed by atoms with Crippen LogP contribution in [0.1, 0.15) is 33.6 Å². The summed E-state index contributed by atoms with van der Waals surface area (Å²) in [6, 6.07) is -2.41. The van der Waals surface area contributed by atoms with E-state index in [0.717, 1.165) is 21.3 Å². The van der Waals surface area contributed by atoms with Crippen molar-refractivity contribution in [2.45, 2.75) is 45.7 Å². The van der Waals surface area contributed by atoms with Crippen LogP contribution >= 0.6 is 0 Å². The highest BCUT2D eigenvalue weighted by atomic mass is 16.5. The number of rotatable bonds is 10. The van der Waals surface area contributed by atoms with Gasteiger partial charge < -0.3 is 24.8 Å². The van der Waals surface area contributed by atoms with E-state index >= 15 is 0 Å². The zero-order valence-electron chi connectivity index (χ0n) is 16.5. The summed E-state index contributed by atoms with van der Waals surface area (Å²) in [5.74, 6) is -5.00. The SMILES string of the molecule is COC(=O)C[C@@H](C(=O)OC)[C@@H](NC(=O)[C@H](CC(C)C)NC(C)=O)C(=O)OC. The molecule has 0 aliphatic carbocycles. The quantitative estimate of drug-likeness (QED) is 0.379. The maximum atomic E-state index is 12.6. The average Bonchev–Trinajstić information content (AvgIpc) is 2.61. The normalized spacial score (nSPS) is 13.7. The van der Waals surface area contributed by atoms with Gasteiger partial charge in [0.15, 0.2) is 0 Å². The third-order valence-corrected chi connectivity index (χ3v) is 3.67. The van der Waals surface area contributed by atoms with Crippen LogP contribution in [-0.2, 0) is 38.2 Å². The third kappa shape index (κ3) is 8.52. The second-order valence-corrected chi connectivity index (χ2v) is 6.30. The van der Waals surface area contributed by atoms with Gasteiger partial charge in [-0.15, -0.1) is 0 Å². The molecule has 0 aromatic rings. The second kappa shape index (κ2) is 11.9. The summed E-state index contributed by atoms with van der Waals surface area (Å²) in [4.78, 5) is 59.8. The second-order valence-electron chi connectivity index (χ2n) is 6.30. The summed E-state index contributed by atoms with van der Waals surface area (Å²) in [5, 5.41) is 4.88. The van der Waals surface area contributed by atoms with E-state index in [1.165, 1.54) is 6.92 Å². The number of esters is 3. The van der Waals surface area contributed by atoms with Gasteiger partial charge in [-0.1, -0.05) is 13.8 Å². The first-order valence-electron chi connectivity index (χ1n) is 8.37. The Morgan fingerprint density at radius 2 is 1.41 bits per heavy atom. The van der Waals surface area contributed by atoms with Crippen LogP contribution in [0.15, 0.2) is 0 Å². The summed E-state index contributed by atoms with van der Waals surface area (Å²) in [7, 11) is 3.28. The molecule has 0 unspecified atom stereocenters. The molecule has 27 heavy (non-hydrogen) atoms. The van der Waals surface area contributed by atoms with Gasteiger partial charge in [0, 0.05) is 6.92 Å². The van der Waals surface area contributed by atoms with Crippen LogP contribution < -0.4 is 10.6 Å². The molecule has 0 radical (unpaired) electrons. The van der Waals surface area contributed by atoms with E-state index in [2.05, 4.69) is 24.8 Å². The van der Waals surface area contributed by atoms with E-state index < -0.39 is 54.1 Å². The van der Waals surface area contributed by atoms with Crippen molar-refractivity contribution in [1.82, 2.24) is 10.6 Å². The molecule has 0 aromatic carbocycles. The van der Waals surface area contributed by atoms with E-state index in [9.17, 15) is 24.0 Å². The molecule has 0 aliphatic heterocycles. The standard InChI is InChI=1S/C17H28N2O8/c1-9(2)7-12(18-10(3)20)15(22)19-14(17(24)27-6)11(16(23)26-5)8-13(21)25-4/h9,11-12,14H,7-8H2,1-6H3,(H,18,20)(H,19,22)/t11-,12+,14-/m1/s1. The predicted octanol–water partition coefficient (Wildman–Crippen LogP) is -0.453. The Kier molecular flexibility index (Phi) is 10.7. The average molecular weight is 388 g/mol.